The van der Waals surface area contributed by atoms with Crippen LogP contribution in [-0.2, 0) is 42.8 Å². The van der Waals surface area contributed by atoms with Crippen LogP contribution in [0.3, 0.4) is 0 Å². The molecule has 13 atom stereocenters. The molecule has 0 aromatic carbocycles. The first-order chi connectivity index (χ1) is 21.3. The molecule has 45 heavy (non-hydrogen) atoms. The zero-order valence-electron chi connectivity index (χ0n) is 27.0. The molecule has 7 fully saturated rings. The summed E-state index contributed by atoms with van der Waals surface area (Å²) in [5.74, 6) is -5.15. The molecule has 1 spiro atoms. The number of ether oxygens (including phenoxy) is 6. The van der Waals surface area contributed by atoms with E-state index in [0.717, 1.165) is 5.56 Å². The Morgan fingerprint density at radius 2 is 1.93 bits per heavy atom. The van der Waals surface area contributed by atoms with Crippen LogP contribution in [0.15, 0.2) is 34.7 Å². The predicted molar refractivity (Wildman–Crippen MR) is 155 cm³/mol. The molecule has 0 amide bonds. The summed E-state index contributed by atoms with van der Waals surface area (Å²) < 4.78 is 42.7. The third-order valence-corrected chi connectivity index (χ3v) is 13.0. The smallest absolute Gasteiger partial charge is 0.333 e. The van der Waals surface area contributed by atoms with E-state index in [1.54, 1.807) is 32.4 Å². The number of furan rings is 1. The Hall–Kier alpha value is -2.73. The Morgan fingerprint density at radius 1 is 1.18 bits per heavy atom. The van der Waals surface area contributed by atoms with E-state index in [1.165, 1.54) is 7.11 Å². The van der Waals surface area contributed by atoms with Crippen LogP contribution in [-0.4, -0.2) is 66.6 Å². The Bertz CT molecular complexity index is 1440. The normalized spacial score (nSPS) is 49.2. The fourth-order valence-corrected chi connectivity index (χ4v) is 10.8. The maximum Gasteiger partial charge on any atom is 0.333 e. The lowest BCUT2D eigenvalue weighted by molar-refractivity contribution is -0.498. The molecule has 5 heterocycles. The highest BCUT2D eigenvalue weighted by Crippen LogP contribution is 2.83. The second-order valence-electron chi connectivity index (χ2n) is 14.6. The van der Waals surface area contributed by atoms with Crippen molar-refractivity contribution in [2.75, 3.05) is 13.7 Å². The quantitative estimate of drug-likeness (QED) is 0.201. The SMILES string of the molecule is CC=C(C)C(=O)OC1C2C3OC34C3CC(=O)OC(c5ccoc5)C3(C)CCC4C3(C)C(CC(=O)OC)C1(C)C(OCC)OC23O. The van der Waals surface area contributed by atoms with Crippen molar-refractivity contribution in [3.63, 3.8) is 0 Å². The van der Waals surface area contributed by atoms with E-state index in [2.05, 4.69) is 6.92 Å². The number of cyclic esters (lactones) is 1. The summed E-state index contributed by atoms with van der Waals surface area (Å²) in [5, 5.41) is 13.0. The van der Waals surface area contributed by atoms with E-state index in [0.29, 0.717) is 18.4 Å². The summed E-state index contributed by atoms with van der Waals surface area (Å²) >= 11 is 0. The van der Waals surface area contributed by atoms with E-state index in [-0.39, 0.29) is 37.3 Å². The van der Waals surface area contributed by atoms with Gasteiger partial charge in [-0.05, 0) is 45.6 Å². The molecule has 3 saturated carbocycles. The number of allylic oxidation sites excluding steroid dienone is 1. The number of carbonyl (C=O) groups excluding carboxylic acids is 3. The molecular weight excluding hydrogens is 584 g/mol. The van der Waals surface area contributed by atoms with E-state index in [9.17, 15) is 19.5 Å². The average Bonchev–Trinajstić information content (AvgIpc) is 3.45. The number of hydrogen-bond acceptors (Lipinski definition) is 11. The van der Waals surface area contributed by atoms with Gasteiger partial charge < -0.3 is 37.9 Å². The zero-order chi connectivity index (χ0) is 32.3. The minimum atomic E-state index is -1.87. The van der Waals surface area contributed by atoms with Gasteiger partial charge in [0.05, 0.1) is 43.5 Å². The van der Waals surface area contributed by atoms with Gasteiger partial charge in [0.1, 0.15) is 17.8 Å². The number of fused-ring (bicyclic) bond motifs is 2. The standard InChI is InChI=1S/C34H44O11/c1-8-17(3)28(37)43-26-24-27-33(44-27)19(10-12-30(4)20(33)14-23(36)42-25(30)18-11-13-40-16-18)32(6)21(15-22(35)39-7)31(26,5)29(41-9-2)45-34(24,32)38/h8,11,13,16,19-21,24-27,29,38H,9-10,12,14-15H2,1-7H3. The van der Waals surface area contributed by atoms with Crippen molar-refractivity contribution in [1.82, 2.24) is 0 Å². The largest absolute Gasteiger partial charge is 0.472 e. The summed E-state index contributed by atoms with van der Waals surface area (Å²) in [6.45, 7) is 11.6. The molecule has 4 bridgehead atoms. The number of hydrogen-bond donors (Lipinski definition) is 1. The van der Waals surface area contributed by atoms with Crippen LogP contribution in [0.2, 0.25) is 0 Å². The van der Waals surface area contributed by atoms with Crippen LogP contribution >= 0.6 is 0 Å². The minimum absolute atomic E-state index is 0.0546. The van der Waals surface area contributed by atoms with Gasteiger partial charge in [-0.25, -0.2) is 4.79 Å². The molecule has 246 valence electrons. The van der Waals surface area contributed by atoms with Crippen molar-refractivity contribution < 1.29 is 52.3 Å². The van der Waals surface area contributed by atoms with Crippen LogP contribution in [0.1, 0.15) is 78.9 Å². The molecule has 4 aliphatic heterocycles. The molecule has 7 aliphatic rings. The highest BCUT2D eigenvalue weighted by Gasteiger charge is 2.93. The summed E-state index contributed by atoms with van der Waals surface area (Å²) in [6.07, 6.45) is 3.24. The summed E-state index contributed by atoms with van der Waals surface area (Å²) in [6, 6.07) is 1.83. The molecule has 1 aromatic heterocycles. The molecule has 1 aromatic rings. The number of carbonyl (C=O) groups is 3. The van der Waals surface area contributed by atoms with Gasteiger partial charge >= 0.3 is 17.9 Å². The molecular formula is C34H44O11. The average molecular weight is 629 g/mol. The van der Waals surface area contributed by atoms with Gasteiger partial charge in [-0.1, -0.05) is 26.8 Å². The topological polar surface area (TPSA) is 143 Å². The van der Waals surface area contributed by atoms with Crippen LogP contribution in [0.5, 0.6) is 0 Å². The van der Waals surface area contributed by atoms with E-state index >= 15 is 0 Å². The minimum Gasteiger partial charge on any atom is -0.472 e. The van der Waals surface area contributed by atoms with Gasteiger partial charge in [0.2, 0.25) is 0 Å². The van der Waals surface area contributed by atoms with Crippen LogP contribution in [0.25, 0.3) is 0 Å². The monoisotopic (exact) mass is 628 g/mol. The number of esters is 3. The molecule has 11 heteroatoms. The molecule has 4 saturated heterocycles. The molecule has 1 N–H and O–H groups in total. The van der Waals surface area contributed by atoms with Crippen molar-refractivity contribution in [1.29, 1.82) is 0 Å². The molecule has 3 aliphatic carbocycles. The first-order valence-electron chi connectivity index (χ1n) is 16.1. The maximum absolute atomic E-state index is 13.5. The number of methoxy groups -OCH3 is 1. The van der Waals surface area contributed by atoms with Crippen molar-refractivity contribution in [3.8, 4) is 0 Å². The maximum atomic E-state index is 13.5. The highest BCUT2D eigenvalue weighted by atomic mass is 16.8. The summed E-state index contributed by atoms with van der Waals surface area (Å²) in [5.41, 5.74) is -2.27. The van der Waals surface area contributed by atoms with E-state index in [4.69, 9.17) is 32.8 Å². The lowest BCUT2D eigenvalue weighted by Crippen LogP contribution is -2.85. The summed E-state index contributed by atoms with van der Waals surface area (Å²) in [7, 11) is 1.34. The van der Waals surface area contributed by atoms with Crippen LogP contribution in [0, 0.1) is 39.9 Å². The number of epoxide rings is 1. The Morgan fingerprint density at radius 3 is 2.58 bits per heavy atom. The predicted octanol–water partition coefficient (Wildman–Crippen LogP) is 4.23. The van der Waals surface area contributed by atoms with Gasteiger partial charge in [-0.2, -0.15) is 0 Å². The first-order valence-corrected chi connectivity index (χ1v) is 16.1. The Kier molecular flexibility index (Phi) is 6.79. The Labute approximate surface area is 262 Å². The van der Waals surface area contributed by atoms with Crippen LogP contribution in [0.4, 0.5) is 0 Å². The van der Waals surface area contributed by atoms with Crippen molar-refractivity contribution in [2.24, 2.45) is 39.9 Å². The lowest BCUT2D eigenvalue weighted by Gasteiger charge is -2.75. The molecule has 0 radical (unpaired) electrons. The first kappa shape index (κ1) is 30.9. The highest BCUT2D eigenvalue weighted by molar-refractivity contribution is 5.87. The van der Waals surface area contributed by atoms with Crippen LogP contribution < -0.4 is 0 Å². The third-order valence-electron chi connectivity index (χ3n) is 13.0. The molecule has 8 rings (SSSR count). The summed E-state index contributed by atoms with van der Waals surface area (Å²) in [4.78, 5) is 40.0. The van der Waals surface area contributed by atoms with Crippen molar-refractivity contribution in [3.05, 3.63) is 35.8 Å². The van der Waals surface area contributed by atoms with Gasteiger partial charge in [-0.3, -0.25) is 9.59 Å². The van der Waals surface area contributed by atoms with Gasteiger partial charge in [0, 0.05) is 46.8 Å². The molecule has 13 unspecified atom stereocenters. The van der Waals surface area contributed by atoms with E-state index in [1.807, 2.05) is 26.8 Å². The van der Waals surface area contributed by atoms with Gasteiger partial charge in [0.15, 0.2) is 12.1 Å². The number of aliphatic hydroxyl groups is 1. The van der Waals surface area contributed by atoms with Gasteiger partial charge in [-0.15, -0.1) is 0 Å². The third kappa shape index (κ3) is 3.64. The fourth-order valence-electron chi connectivity index (χ4n) is 10.8. The van der Waals surface area contributed by atoms with E-state index < -0.39 is 76.0 Å². The second-order valence-corrected chi connectivity index (χ2v) is 14.6. The second kappa shape index (κ2) is 9.89. The van der Waals surface area contributed by atoms with Crippen molar-refractivity contribution in [2.45, 2.75) is 103 Å². The fraction of sp³-hybridized carbons (Fsp3) is 0.735. The number of rotatable bonds is 7. The zero-order valence-corrected chi connectivity index (χ0v) is 27.0. The van der Waals surface area contributed by atoms with Crippen molar-refractivity contribution >= 4 is 17.9 Å². The van der Waals surface area contributed by atoms with Gasteiger partial charge in [0.25, 0.3) is 0 Å². The Balaban J connectivity index is 1.41. The lowest BCUT2D eigenvalue weighted by atomic mass is 9.34. The molecule has 11 nitrogen and oxygen atoms in total.